The van der Waals surface area contributed by atoms with Gasteiger partial charge in [0, 0.05) is 17.6 Å². The lowest BCUT2D eigenvalue weighted by Gasteiger charge is -2.35. The fourth-order valence-electron chi connectivity index (χ4n) is 4.51. The second kappa shape index (κ2) is 5.05. The number of ketones is 1. The van der Waals surface area contributed by atoms with Crippen LogP contribution in [0.2, 0.25) is 0 Å². The number of anilines is 1. The predicted octanol–water partition coefficient (Wildman–Crippen LogP) is 0.728. The molecule has 1 N–H and O–H groups in total. The molecule has 2 aliphatic carbocycles. The number of carbonyl (C=O) groups is 3. The van der Waals surface area contributed by atoms with E-state index in [0.29, 0.717) is 16.5 Å². The molecular weight excluding hydrogens is 348 g/mol. The quantitative estimate of drug-likeness (QED) is 0.589. The van der Waals surface area contributed by atoms with Crippen LogP contribution in [0.1, 0.15) is 6.42 Å². The molecule has 4 aliphatic rings. The number of fused-ring (bicyclic) bond motifs is 4. The van der Waals surface area contributed by atoms with E-state index >= 15 is 0 Å². The number of carbonyl (C=O) groups excluding carboxylic acids is 3. The summed E-state index contributed by atoms with van der Waals surface area (Å²) in [6.07, 6.45) is -0.697. The van der Waals surface area contributed by atoms with Gasteiger partial charge in [-0.15, -0.1) is 0 Å². The van der Waals surface area contributed by atoms with Gasteiger partial charge in [0.15, 0.2) is 5.78 Å². The third-order valence-corrected chi connectivity index (χ3v) is 5.74. The zero-order valence-electron chi connectivity index (χ0n) is 13.3. The zero-order valence-corrected chi connectivity index (χ0v) is 13.3. The summed E-state index contributed by atoms with van der Waals surface area (Å²) in [4.78, 5) is 38.8. The van der Waals surface area contributed by atoms with E-state index in [2.05, 4.69) is 0 Å². The normalized spacial score (nSPS) is 37.9. The van der Waals surface area contributed by atoms with Crippen LogP contribution in [0.3, 0.4) is 0 Å². The molecule has 0 radical (unpaired) electrons. The Morgan fingerprint density at radius 2 is 1.88 bits per heavy atom. The van der Waals surface area contributed by atoms with E-state index in [-0.39, 0.29) is 17.9 Å². The number of hydrogen-bond donors (Lipinski definition) is 1. The average molecular weight is 361 g/mol. The zero-order chi connectivity index (χ0) is 18.3. The number of ether oxygens (including phenoxy) is 1. The molecule has 0 bridgehead atoms. The van der Waals surface area contributed by atoms with Crippen molar-refractivity contribution < 1.29 is 33.0 Å². The molecule has 1 aromatic rings. The molecule has 2 aliphatic heterocycles. The molecular formula is C18H13F2NO5. The molecule has 6 nitrogen and oxygen atoms in total. The highest BCUT2D eigenvalue weighted by Crippen LogP contribution is 2.51. The molecule has 3 fully saturated rings. The maximum absolute atomic E-state index is 14.1. The van der Waals surface area contributed by atoms with Crippen molar-refractivity contribution in [3.8, 4) is 0 Å². The van der Waals surface area contributed by atoms with Gasteiger partial charge in [0.2, 0.25) is 11.8 Å². The highest BCUT2D eigenvalue weighted by molar-refractivity contribution is 6.23. The van der Waals surface area contributed by atoms with Crippen LogP contribution >= 0.6 is 0 Å². The van der Waals surface area contributed by atoms with E-state index in [1.54, 1.807) is 6.08 Å². The van der Waals surface area contributed by atoms with E-state index in [1.807, 2.05) is 0 Å². The third kappa shape index (κ3) is 1.88. The lowest BCUT2D eigenvalue weighted by Crippen LogP contribution is -2.47. The Kier molecular flexibility index (Phi) is 3.06. The first-order valence-corrected chi connectivity index (χ1v) is 8.31. The van der Waals surface area contributed by atoms with Gasteiger partial charge in [0.1, 0.15) is 23.8 Å². The molecule has 5 rings (SSSR count). The maximum atomic E-state index is 14.1. The minimum absolute atomic E-state index is 0.149. The summed E-state index contributed by atoms with van der Waals surface area (Å²) in [5.74, 6) is -6.02. The molecule has 1 saturated carbocycles. The van der Waals surface area contributed by atoms with Crippen LogP contribution in [-0.2, 0) is 19.1 Å². The number of imide groups is 1. The Bertz CT molecular complexity index is 913. The van der Waals surface area contributed by atoms with Gasteiger partial charge < -0.3 is 9.84 Å². The number of benzene rings is 1. The third-order valence-electron chi connectivity index (χ3n) is 5.74. The second-order valence-electron chi connectivity index (χ2n) is 7.04. The number of nitrogens with zero attached hydrogens (tertiary/aromatic N) is 1. The van der Waals surface area contributed by atoms with Crippen molar-refractivity contribution in [3.05, 3.63) is 41.5 Å². The lowest BCUT2D eigenvalue weighted by atomic mass is 9.66. The molecule has 1 aromatic carbocycles. The van der Waals surface area contributed by atoms with Crippen LogP contribution in [0.4, 0.5) is 14.5 Å². The number of rotatable bonds is 1. The first-order valence-electron chi connectivity index (χ1n) is 8.31. The number of amides is 2. The van der Waals surface area contributed by atoms with Gasteiger partial charge in [0.05, 0.1) is 23.6 Å². The molecule has 8 heteroatoms. The number of aliphatic hydroxyl groups excluding tert-OH is 1. The van der Waals surface area contributed by atoms with Gasteiger partial charge in [-0.3, -0.25) is 14.4 Å². The van der Waals surface area contributed by atoms with Crippen molar-refractivity contribution >= 4 is 23.3 Å². The second-order valence-corrected chi connectivity index (χ2v) is 7.04. The van der Waals surface area contributed by atoms with E-state index in [0.717, 1.165) is 12.1 Å². The Morgan fingerprint density at radius 1 is 1.12 bits per heavy atom. The molecule has 1 unspecified atom stereocenters. The summed E-state index contributed by atoms with van der Waals surface area (Å²) < 4.78 is 32.5. The topological polar surface area (TPSA) is 87.2 Å². The number of halogens is 2. The first kappa shape index (κ1) is 15.8. The van der Waals surface area contributed by atoms with E-state index in [9.17, 15) is 28.3 Å². The van der Waals surface area contributed by atoms with E-state index in [1.165, 1.54) is 0 Å². The fourth-order valence-corrected chi connectivity index (χ4v) is 4.51. The molecule has 26 heavy (non-hydrogen) atoms. The number of allylic oxidation sites excluding steroid dienone is 1. The fraction of sp³-hybridized carbons (Fsp3) is 0.389. The van der Waals surface area contributed by atoms with Crippen molar-refractivity contribution in [1.29, 1.82) is 0 Å². The van der Waals surface area contributed by atoms with Crippen molar-refractivity contribution in [1.82, 2.24) is 0 Å². The van der Waals surface area contributed by atoms with Gasteiger partial charge in [-0.25, -0.2) is 13.7 Å². The number of epoxide rings is 1. The summed E-state index contributed by atoms with van der Waals surface area (Å²) in [5.41, 5.74) is -0.0189. The van der Waals surface area contributed by atoms with Crippen LogP contribution in [-0.4, -0.2) is 41.0 Å². The summed E-state index contributed by atoms with van der Waals surface area (Å²) in [7, 11) is 0. The molecule has 2 amide bonds. The average Bonchev–Trinajstić information content (AvgIpc) is 3.37. The SMILES string of the molecule is O=C1C2=CC[C@H]3C(=O)N(c4ccc(F)cc4F)C(=O)[C@H]3[C@H]2C(O)[C@@H]2O[C@H]12. The smallest absolute Gasteiger partial charge is 0.238 e. The monoisotopic (exact) mass is 361 g/mol. The minimum Gasteiger partial charge on any atom is -0.390 e. The first-order chi connectivity index (χ1) is 12.4. The van der Waals surface area contributed by atoms with Gasteiger partial charge >= 0.3 is 0 Å². The Morgan fingerprint density at radius 3 is 2.62 bits per heavy atom. The summed E-state index contributed by atoms with van der Waals surface area (Å²) in [6.45, 7) is 0. The summed E-state index contributed by atoms with van der Waals surface area (Å²) in [5, 5.41) is 10.5. The van der Waals surface area contributed by atoms with Gasteiger partial charge in [-0.05, 0) is 18.6 Å². The van der Waals surface area contributed by atoms with Gasteiger partial charge in [-0.2, -0.15) is 0 Å². The maximum Gasteiger partial charge on any atom is 0.238 e. The van der Waals surface area contributed by atoms with Crippen molar-refractivity contribution in [3.63, 3.8) is 0 Å². The summed E-state index contributed by atoms with van der Waals surface area (Å²) >= 11 is 0. The highest BCUT2D eigenvalue weighted by Gasteiger charge is 2.65. The molecule has 6 atom stereocenters. The number of aliphatic hydroxyl groups is 1. The van der Waals surface area contributed by atoms with E-state index < -0.39 is 59.5 Å². The summed E-state index contributed by atoms with van der Waals surface area (Å²) in [6, 6.07) is 2.60. The molecule has 0 spiro atoms. The Labute approximate surface area is 146 Å². The van der Waals surface area contributed by atoms with Gasteiger partial charge in [0.25, 0.3) is 0 Å². The molecule has 0 aromatic heterocycles. The van der Waals surface area contributed by atoms with Gasteiger partial charge in [-0.1, -0.05) is 6.08 Å². The molecule has 2 saturated heterocycles. The van der Waals surface area contributed by atoms with Crippen LogP contribution < -0.4 is 4.90 Å². The van der Waals surface area contributed by atoms with Crippen molar-refractivity contribution in [2.45, 2.75) is 24.7 Å². The van der Waals surface area contributed by atoms with Crippen LogP contribution in [0.5, 0.6) is 0 Å². The standard InChI is InChI=1S/C18H13F2NO5/c19-6-1-4-10(9(20)5-6)21-17(24)8-3-2-7-11(12(8)18(21)25)14(23)16-15(26-16)13(7)22/h1-2,4-5,8,11-12,14-16,23H,3H2/t8-,11+,12-,14?,15-,16+/m1/s1. The predicted molar refractivity (Wildman–Crippen MR) is 81.7 cm³/mol. The lowest BCUT2D eigenvalue weighted by molar-refractivity contribution is -0.126. The minimum atomic E-state index is -1.08. The van der Waals surface area contributed by atoms with Crippen molar-refractivity contribution in [2.75, 3.05) is 4.90 Å². The number of hydrogen-bond acceptors (Lipinski definition) is 5. The largest absolute Gasteiger partial charge is 0.390 e. The highest BCUT2D eigenvalue weighted by atomic mass is 19.1. The van der Waals surface area contributed by atoms with Crippen molar-refractivity contribution in [2.24, 2.45) is 17.8 Å². The van der Waals surface area contributed by atoms with Crippen LogP contribution in [0, 0.1) is 29.4 Å². The Hall–Kier alpha value is -2.45. The molecule has 134 valence electrons. The van der Waals surface area contributed by atoms with Crippen LogP contribution in [0.15, 0.2) is 29.8 Å². The molecule has 2 heterocycles. The Balaban J connectivity index is 1.57. The number of Topliss-reactive ketones (excluding diaryl/α,β-unsaturated/α-hetero) is 1. The van der Waals surface area contributed by atoms with E-state index in [4.69, 9.17) is 4.74 Å². The van der Waals surface area contributed by atoms with Crippen LogP contribution in [0.25, 0.3) is 0 Å².